The Morgan fingerprint density at radius 2 is 1.43 bits per heavy atom. The maximum Gasteiger partial charge on any atom is 0.338 e. The van der Waals surface area contributed by atoms with E-state index in [0.717, 1.165) is 10.0 Å². The Balaban J connectivity index is 1.97. The summed E-state index contributed by atoms with van der Waals surface area (Å²) >= 11 is 3.34. The molecule has 5 heteroatoms. The average Bonchev–Trinajstić information content (AvgIpc) is 2.53. The Kier molecular flexibility index (Phi) is 5.11. The number of hydrogen-bond acceptors (Lipinski definition) is 4. The van der Waals surface area contributed by atoms with Crippen molar-refractivity contribution in [2.45, 2.75) is 6.61 Å². The molecular weight excluding hydrogens is 336 g/mol. The maximum atomic E-state index is 11.9. The third-order valence-electron chi connectivity index (χ3n) is 2.82. The van der Waals surface area contributed by atoms with Crippen LogP contribution in [0, 0.1) is 0 Å². The SMILES string of the molecule is COC(=O)c1ccc(C(=O)OCc2ccc(Br)cc2)cc1. The summed E-state index contributed by atoms with van der Waals surface area (Å²) in [5.74, 6) is -0.876. The van der Waals surface area contributed by atoms with Crippen molar-refractivity contribution in [1.82, 2.24) is 0 Å². The molecule has 4 nitrogen and oxygen atoms in total. The van der Waals surface area contributed by atoms with Crippen molar-refractivity contribution in [2.75, 3.05) is 7.11 Å². The lowest BCUT2D eigenvalue weighted by atomic mass is 10.1. The van der Waals surface area contributed by atoms with Crippen molar-refractivity contribution in [1.29, 1.82) is 0 Å². The van der Waals surface area contributed by atoms with Gasteiger partial charge in [-0.05, 0) is 42.0 Å². The van der Waals surface area contributed by atoms with E-state index >= 15 is 0 Å². The normalized spacial score (nSPS) is 10.0. The first kappa shape index (κ1) is 15.3. The number of halogens is 1. The molecule has 0 aliphatic rings. The lowest BCUT2D eigenvalue weighted by Gasteiger charge is -2.06. The molecule has 0 radical (unpaired) electrons. The van der Waals surface area contributed by atoms with Crippen molar-refractivity contribution in [3.05, 3.63) is 69.7 Å². The number of ether oxygens (including phenoxy) is 2. The second kappa shape index (κ2) is 7.04. The van der Waals surface area contributed by atoms with Crippen LogP contribution in [0.5, 0.6) is 0 Å². The zero-order valence-electron chi connectivity index (χ0n) is 11.3. The molecule has 0 aromatic heterocycles. The van der Waals surface area contributed by atoms with E-state index in [1.807, 2.05) is 24.3 Å². The van der Waals surface area contributed by atoms with Crippen LogP contribution in [0.3, 0.4) is 0 Å². The van der Waals surface area contributed by atoms with Crippen LogP contribution in [0.25, 0.3) is 0 Å². The zero-order chi connectivity index (χ0) is 15.2. The number of benzene rings is 2. The van der Waals surface area contributed by atoms with E-state index in [1.54, 1.807) is 0 Å². The van der Waals surface area contributed by atoms with E-state index in [2.05, 4.69) is 20.7 Å². The van der Waals surface area contributed by atoms with Crippen molar-refractivity contribution < 1.29 is 19.1 Å². The summed E-state index contributed by atoms with van der Waals surface area (Å²) in [6, 6.07) is 13.6. The van der Waals surface area contributed by atoms with Crippen molar-refractivity contribution >= 4 is 27.9 Å². The molecule has 0 amide bonds. The number of esters is 2. The van der Waals surface area contributed by atoms with Gasteiger partial charge in [-0.15, -0.1) is 0 Å². The van der Waals surface area contributed by atoms with E-state index in [-0.39, 0.29) is 6.61 Å². The Bertz CT molecular complexity index is 632. The smallest absolute Gasteiger partial charge is 0.338 e. The molecule has 0 aliphatic carbocycles. The van der Waals surface area contributed by atoms with Gasteiger partial charge in [0.25, 0.3) is 0 Å². The second-order valence-electron chi connectivity index (χ2n) is 4.27. The van der Waals surface area contributed by atoms with Crippen LogP contribution in [-0.4, -0.2) is 19.0 Å². The van der Waals surface area contributed by atoms with Crippen LogP contribution < -0.4 is 0 Å². The van der Waals surface area contributed by atoms with Crippen LogP contribution in [0.4, 0.5) is 0 Å². The van der Waals surface area contributed by atoms with Crippen LogP contribution in [0.15, 0.2) is 53.0 Å². The van der Waals surface area contributed by atoms with Gasteiger partial charge in [0.05, 0.1) is 18.2 Å². The first-order chi connectivity index (χ1) is 10.1. The van der Waals surface area contributed by atoms with Crippen molar-refractivity contribution in [2.24, 2.45) is 0 Å². The first-order valence-electron chi connectivity index (χ1n) is 6.20. The van der Waals surface area contributed by atoms with Crippen LogP contribution in [0.2, 0.25) is 0 Å². The summed E-state index contributed by atoms with van der Waals surface area (Å²) in [7, 11) is 1.31. The molecule has 21 heavy (non-hydrogen) atoms. The van der Waals surface area contributed by atoms with E-state index in [4.69, 9.17) is 4.74 Å². The van der Waals surface area contributed by atoms with Gasteiger partial charge in [0, 0.05) is 4.47 Å². The predicted molar refractivity (Wildman–Crippen MR) is 81.0 cm³/mol. The van der Waals surface area contributed by atoms with Gasteiger partial charge < -0.3 is 9.47 Å². The van der Waals surface area contributed by atoms with Gasteiger partial charge in [0.1, 0.15) is 6.61 Å². The molecular formula is C16H13BrO4. The molecule has 2 rings (SSSR count). The molecule has 0 saturated carbocycles. The number of carbonyl (C=O) groups excluding carboxylic acids is 2. The fraction of sp³-hybridized carbons (Fsp3) is 0.125. The predicted octanol–water partition coefficient (Wildman–Crippen LogP) is 3.59. The maximum absolute atomic E-state index is 11.9. The fourth-order valence-corrected chi connectivity index (χ4v) is 1.94. The summed E-state index contributed by atoms with van der Waals surface area (Å²) in [6.07, 6.45) is 0. The summed E-state index contributed by atoms with van der Waals surface area (Å²) in [5, 5.41) is 0. The van der Waals surface area contributed by atoms with Crippen LogP contribution in [0.1, 0.15) is 26.3 Å². The van der Waals surface area contributed by atoms with E-state index in [0.29, 0.717) is 11.1 Å². The first-order valence-corrected chi connectivity index (χ1v) is 6.99. The Labute approximate surface area is 130 Å². The largest absolute Gasteiger partial charge is 0.465 e. The highest BCUT2D eigenvalue weighted by molar-refractivity contribution is 9.10. The number of hydrogen-bond donors (Lipinski definition) is 0. The molecule has 108 valence electrons. The molecule has 0 bridgehead atoms. The summed E-state index contributed by atoms with van der Waals surface area (Å²) in [4.78, 5) is 23.2. The highest BCUT2D eigenvalue weighted by atomic mass is 79.9. The quantitative estimate of drug-likeness (QED) is 0.792. The number of carbonyl (C=O) groups is 2. The minimum absolute atomic E-state index is 0.199. The lowest BCUT2D eigenvalue weighted by molar-refractivity contribution is 0.0471. The van der Waals surface area contributed by atoms with Gasteiger partial charge >= 0.3 is 11.9 Å². The molecule has 0 heterocycles. The Morgan fingerprint density at radius 3 is 1.95 bits per heavy atom. The number of rotatable bonds is 4. The molecule has 0 N–H and O–H groups in total. The molecule has 0 spiro atoms. The van der Waals surface area contributed by atoms with Gasteiger partial charge in [-0.1, -0.05) is 28.1 Å². The van der Waals surface area contributed by atoms with E-state index < -0.39 is 11.9 Å². The van der Waals surface area contributed by atoms with Gasteiger partial charge in [-0.25, -0.2) is 9.59 Å². The van der Waals surface area contributed by atoms with Crippen LogP contribution >= 0.6 is 15.9 Å². The topological polar surface area (TPSA) is 52.6 Å². The van der Waals surface area contributed by atoms with Gasteiger partial charge in [-0.3, -0.25) is 0 Å². The summed E-state index contributed by atoms with van der Waals surface area (Å²) < 4.78 is 10.8. The summed E-state index contributed by atoms with van der Waals surface area (Å²) in [5.41, 5.74) is 1.68. The van der Waals surface area contributed by atoms with E-state index in [1.165, 1.54) is 31.4 Å². The Hall–Kier alpha value is -2.14. The Morgan fingerprint density at radius 1 is 0.905 bits per heavy atom. The zero-order valence-corrected chi connectivity index (χ0v) is 12.9. The summed E-state index contributed by atoms with van der Waals surface area (Å²) in [6.45, 7) is 0.199. The van der Waals surface area contributed by atoms with E-state index in [9.17, 15) is 9.59 Å². The molecule has 2 aromatic rings. The average molecular weight is 349 g/mol. The fourth-order valence-electron chi connectivity index (χ4n) is 1.67. The van der Waals surface area contributed by atoms with Gasteiger partial charge in [-0.2, -0.15) is 0 Å². The second-order valence-corrected chi connectivity index (χ2v) is 5.19. The molecule has 0 aliphatic heterocycles. The molecule has 0 unspecified atom stereocenters. The molecule has 2 aromatic carbocycles. The monoisotopic (exact) mass is 348 g/mol. The highest BCUT2D eigenvalue weighted by Crippen LogP contribution is 2.12. The number of methoxy groups -OCH3 is 1. The van der Waals surface area contributed by atoms with Gasteiger partial charge in [0.2, 0.25) is 0 Å². The van der Waals surface area contributed by atoms with Crippen molar-refractivity contribution in [3.8, 4) is 0 Å². The van der Waals surface area contributed by atoms with Crippen molar-refractivity contribution in [3.63, 3.8) is 0 Å². The highest BCUT2D eigenvalue weighted by Gasteiger charge is 2.10. The minimum Gasteiger partial charge on any atom is -0.465 e. The lowest BCUT2D eigenvalue weighted by Crippen LogP contribution is -2.06. The minimum atomic E-state index is -0.440. The molecule has 0 atom stereocenters. The molecule has 0 saturated heterocycles. The standard InChI is InChI=1S/C16H13BrO4/c1-20-15(18)12-4-6-13(7-5-12)16(19)21-10-11-2-8-14(17)9-3-11/h2-9H,10H2,1H3. The third-order valence-corrected chi connectivity index (χ3v) is 3.35. The third kappa shape index (κ3) is 4.16. The van der Waals surface area contributed by atoms with Crippen LogP contribution in [-0.2, 0) is 16.1 Å². The van der Waals surface area contributed by atoms with Gasteiger partial charge in [0.15, 0.2) is 0 Å². The molecule has 0 fully saturated rings.